The van der Waals surface area contributed by atoms with Gasteiger partial charge in [0.25, 0.3) is 0 Å². The van der Waals surface area contributed by atoms with Crippen molar-refractivity contribution in [1.82, 2.24) is 4.57 Å². The van der Waals surface area contributed by atoms with Crippen LogP contribution >= 0.6 is 0 Å². The molecule has 2 rings (SSSR count). The Bertz CT molecular complexity index is 572. The quantitative estimate of drug-likeness (QED) is 0.850. The molecular formula is C14H18N2O2. The molecule has 18 heavy (non-hydrogen) atoms. The molecule has 0 radical (unpaired) electrons. The lowest BCUT2D eigenvalue weighted by Gasteiger charge is -2.06. The van der Waals surface area contributed by atoms with Gasteiger partial charge in [-0.25, -0.2) is 4.79 Å². The second kappa shape index (κ2) is 5.23. The van der Waals surface area contributed by atoms with Crippen molar-refractivity contribution in [3.05, 3.63) is 35.5 Å². The zero-order valence-electron chi connectivity index (χ0n) is 10.5. The van der Waals surface area contributed by atoms with Crippen LogP contribution in [-0.4, -0.2) is 22.2 Å². The Labute approximate surface area is 106 Å². The van der Waals surface area contributed by atoms with E-state index in [0.717, 1.165) is 30.3 Å². The van der Waals surface area contributed by atoms with Gasteiger partial charge in [-0.2, -0.15) is 0 Å². The van der Waals surface area contributed by atoms with Crippen LogP contribution in [0.4, 0.5) is 0 Å². The molecule has 0 aliphatic carbocycles. The number of nitrogens with zero attached hydrogens (tertiary/aromatic N) is 1. The molecule has 96 valence electrons. The first kappa shape index (κ1) is 12.6. The normalized spacial score (nSPS) is 11.0. The predicted molar refractivity (Wildman–Crippen MR) is 71.9 cm³/mol. The highest BCUT2D eigenvalue weighted by molar-refractivity contribution is 6.03. The van der Waals surface area contributed by atoms with Crippen molar-refractivity contribution in [2.75, 3.05) is 6.54 Å². The van der Waals surface area contributed by atoms with Crippen molar-refractivity contribution in [3.8, 4) is 0 Å². The molecule has 0 aliphatic rings. The van der Waals surface area contributed by atoms with Gasteiger partial charge in [-0.15, -0.1) is 0 Å². The number of benzene rings is 1. The molecule has 0 atom stereocenters. The summed E-state index contributed by atoms with van der Waals surface area (Å²) in [5, 5.41) is 10.3. The Morgan fingerprint density at radius 3 is 2.83 bits per heavy atom. The summed E-state index contributed by atoms with van der Waals surface area (Å²) >= 11 is 0. The maximum absolute atomic E-state index is 11.3. The van der Waals surface area contributed by atoms with Crippen LogP contribution in [-0.2, 0) is 13.0 Å². The molecule has 4 nitrogen and oxygen atoms in total. The van der Waals surface area contributed by atoms with E-state index in [-0.39, 0.29) is 0 Å². The SMILES string of the molecule is CCc1cn(CCCN)c2c(C(=O)O)cccc12. The van der Waals surface area contributed by atoms with Gasteiger partial charge in [0.2, 0.25) is 0 Å². The molecule has 0 saturated heterocycles. The molecule has 0 saturated carbocycles. The molecule has 4 heteroatoms. The maximum Gasteiger partial charge on any atom is 0.337 e. The van der Waals surface area contributed by atoms with Crippen molar-refractivity contribution in [3.63, 3.8) is 0 Å². The Hall–Kier alpha value is -1.81. The number of carboxylic acid groups (broad SMARTS) is 1. The third-order valence-electron chi connectivity index (χ3n) is 3.20. The highest BCUT2D eigenvalue weighted by Gasteiger charge is 2.14. The average Bonchev–Trinajstić information content (AvgIpc) is 2.74. The molecule has 3 N–H and O–H groups in total. The van der Waals surface area contributed by atoms with Crippen LogP contribution in [0.3, 0.4) is 0 Å². The fraction of sp³-hybridized carbons (Fsp3) is 0.357. The number of aryl methyl sites for hydroxylation is 2. The fourth-order valence-electron chi connectivity index (χ4n) is 2.33. The zero-order valence-corrected chi connectivity index (χ0v) is 10.5. The number of hydrogen-bond donors (Lipinski definition) is 2. The highest BCUT2D eigenvalue weighted by atomic mass is 16.4. The lowest BCUT2D eigenvalue weighted by atomic mass is 10.1. The van der Waals surface area contributed by atoms with Gasteiger partial charge >= 0.3 is 5.97 Å². The monoisotopic (exact) mass is 246 g/mol. The van der Waals surface area contributed by atoms with E-state index in [4.69, 9.17) is 5.73 Å². The molecule has 0 spiro atoms. The van der Waals surface area contributed by atoms with Crippen molar-refractivity contribution in [2.45, 2.75) is 26.3 Å². The van der Waals surface area contributed by atoms with Crippen molar-refractivity contribution < 1.29 is 9.90 Å². The topological polar surface area (TPSA) is 68.2 Å². The Morgan fingerprint density at radius 1 is 1.44 bits per heavy atom. The average molecular weight is 246 g/mol. The van der Waals surface area contributed by atoms with E-state index in [2.05, 4.69) is 6.92 Å². The van der Waals surface area contributed by atoms with Gasteiger partial charge in [0.1, 0.15) is 0 Å². The molecule has 0 amide bonds. The summed E-state index contributed by atoms with van der Waals surface area (Å²) in [7, 11) is 0. The summed E-state index contributed by atoms with van der Waals surface area (Å²) < 4.78 is 2.02. The van der Waals surface area contributed by atoms with E-state index in [1.165, 1.54) is 5.56 Å². The van der Waals surface area contributed by atoms with Crippen LogP contribution in [0, 0.1) is 0 Å². The van der Waals surface area contributed by atoms with Crippen molar-refractivity contribution >= 4 is 16.9 Å². The van der Waals surface area contributed by atoms with Gasteiger partial charge in [-0.3, -0.25) is 0 Å². The van der Waals surface area contributed by atoms with Gasteiger partial charge in [-0.05, 0) is 31.0 Å². The lowest BCUT2D eigenvalue weighted by Crippen LogP contribution is -2.07. The molecule has 1 aromatic heterocycles. The third kappa shape index (κ3) is 2.11. The van der Waals surface area contributed by atoms with Crippen LogP contribution in [0.15, 0.2) is 24.4 Å². The largest absolute Gasteiger partial charge is 0.478 e. The molecular weight excluding hydrogens is 228 g/mol. The van der Waals surface area contributed by atoms with E-state index in [1.807, 2.05) is 16.8 Å². The Kier molecular flexibility index (Phi) is 3.67. The molecule has 0 fully saturated rings. The lowest BCUT2D eigenvalue weighted by molar-refractivity contribution is 0.0698. The number of carboxylic acids is 1. The fourth-order valence-corrected chi connectivity index (χ4v) is 2.33. The molecule has 1 aromatic carbocycles. The summed E-state index contributed by atoms with van der Waals surface area (Å²) in [6.45, 7) is 3.45. The minimum absolute atomic E-state index is 0.365. The van der Waals surface area contributed by atoms with Gasteiger partial charge in [-0.1, -0.05) is 19.1 Å². The number of nitrogens with two attached hydrogens (primary N) is 1. The standard InChI is InChI=1S/C14H18N2O2/c1-2-10-9-16(8-4-7-15)13-11(10)5-3-6-12(13)14(17)18/h3,5-6,9H,2,4,7-8,15H2,1H3,(H,17,18). The minimum Gasteiger partial charge on any atom is -0.478 e. The highest BCUT2D eigenvalue weighted by Crippen LogP contribution is 2.25. The molecule has 2 aromatic rings. The second-order valence-corrected chi connectivity index (χ2v) is 4.35. The zero-order chi connectivity index (χ0) is 13.1. The van der Waals surface area contributed by atoms with Gasteiger partial charge < -0.3 is 15.4 Å². The van der Waals surface area contributed by atoms with E-state index in [1.54, 1.807) is 12.1 Å². The predicted octanol–water partition coefficient (Wildman–Crippen LogP) is 2.25. The summed E-state index contributed by atoms with van der Waals surface area (Å²) in [6.07, 6.45) is 3.79. The summed E-state index contributed by atoms with van der Waals surface area (Å²) in [5.74, 6) is -0.879. The van der Waals surface area contributed by atoms with Crippen LogP contribution in [0.2, 0.25) is 0 Å². The second-order valence-electron chi connectivity index (χ2n) is 4.35. The van der Waals surface area contributed by atoms with E-state index in [9.17, 15) is 9.90 Å². The molecule has 0 unspecified atom stereocenters. The third-order valence-corrected chi connectivity index (χ3v) is 3.20. The van der Waals surface area contributed by atoms with Crippen LogP contribution in [0.25, 0.3) is 10.9 Å². The molecule has 0 bridgehead atoms. The summed E-state index contributed by atoms with van der Waals surface area (Å²) in [6, 6.07) is 5.45. The van der Waals surface area contributed by atoms with Crippen LogP contribution in [0.1, 0.15) is 29.3 Å². The first-order valence-corrected chi connectivity index (χ1v) is 6.23. The number of hydrogen-bond acceptors (Lipinski definition) is 2. The number of aromatic carboxylic acids is 1. The summed E-state index contributed by atoms with van der Waals surface area (Å²) in [5.41, 5.74) is 7.89. The van der Waals surface area contributed by atoms with Crippen LogP contribution in [0.5, 0.6) is 0 Å². The van der Waals surface area contributed by atoms with Crippen molar-refractivity contribution in [1.29, 1.82) is 0 Å². The van der Waals surface area contributed by atoms with Crippen LogP contribution < -0.4 is 5.73 Å². The van der Waals surface area contributed by atoms with Gasteiger partial charge in [0.05, 0.1) is 11.1 Å². The summed E-state index contributed by atoms with van der Waals surface area (Å²) in [4.78, 5) is 11.3. The van der Waals surface area contributed by atoms with Gasteiger partial charge in [0, 0.05) is 18.1 Å². The Balaban J connectivity index is 2.65. The smallest absolute Gasteiger partial charge is 0.337 e. The number of para-hydroxylation sites is 1. The first-order chi connectivity index (χ1) is 8.69. The number of rotatable bonds is 5. The van der Waals surface area contributed by atoms with Crippen molar-refractivity contribution in [2.24, 2.45) is 5.73 Å². The van der Waals surface area contributed by atoms with Gasteiger partial charge in [0.15, 0.2) is 0 Å². The van der Waals surface area contributed by atoms with E-state index < -0.39 is 5.97 Å². The van der Waals surface area contributed by atoms with E-state index >= 15 is 0 Å². The number of fused-ring (bicyclic) bond motifs is 1. The molecule has 0 aliphatic heterocycles. The number of carbonyl (C=O) groups is 1. The Morgan fingerprint density at radius 2 is 2.22 bits per heavy atom. The van der Waals surface area contributed by atoms with E-state index in [0.29, 0.717) is 12.1 Å². The first-order valence-electron chi connectivity index (χ1n) is 6.23. The number of aromatic nitrogens is 1. The molecule has 1 heterocycles. The minimum atomic E-state index is -0.879. The maximum atomic E-state index is 11.3.